The van der Waals surface area contributed by atoms with Gasteiger partial charge >= 0.3 is 0 Å². The summed E-state index contributed by atoms with van der Waals surface area (Å²) in [6, 6.07) is 2.14. The number of nitrogens with two attached hydrogens (primary N) is 1. The second kappa shape index (κ2) is 4.90. The number of primary sulfonamides is 1. The molecule has 2 rings (SSSR count). The summed E-state index contributed by atoms with van der Waals surface area (Å²) < 4.78 is 36.5. The number of aryl methyl sites for hydroxylation is 1. The highest BCUT2D eigenvalue weighted by Crippen LogP contribution is 2.21. The van der Waals surface area contributed by atoms with Crippen LogP contribution in [0, 0.1) is 12.7 Å². The molecular formula is C12H15FN2O3S. The first-order chi connectivity index (χ1) is 8.79. The highest BCUT2D eigenvalue weighted by molar-refractivity contribution is 7.89. The smallest absolute Gasteiger partial charge is 0.254 e. The zero-order valence-electron chi connectivity index (χ0n) is 10.4. The Hall–Kier alpha value is -1.47. The van der Waals surface area contributed by atoms with Crippen LogP contribution >= 0.6 is 0 Å². The van der Waals surface area contributed by atoms with Gasteiger partial charge in [-0.2, -0.15) is 0 Å². The van der Waals surface area contributed by atoms with Crippen molar-refractivity contribution in [1.29, 1.82) is 0 Å². The SMILES string of the molecule is Cc1cc(S(N)(=O)=O)cc(C(=O)NC2CCC2)c1F. The minimum absolute atomic E-state index is 0.0466. The Labute approximate surface area is 111 Å². The minimum atomic E-state index is -3.96. The normalized spacial score (nSPS) is 15.9. The first-order valence-corrected chi connectivity index (χ1v) is 7.47. The molecule has 104 valence electrons. The molecule has 0 saturated heterocycles. The molecular weight excluding hydrogens is 271 g/mol. The van der Waals surface area contributed by atoms with Crippen LogP contribution in [0.2, 0.25) is 0 Å². The topological polar surface area (TPSA) is 89.3 Å². The number of carbonyl (C=O) groups is 1. The van der Waals surface area contributed by atoms with E-state index in [-0.39, 0.29) is 22.1 Å². The first-order valence-electron chi connectivity index (χ1n) is 5.93. The Kier molecular flexibility index (Phi) is 3.60. The van der Waals surface area contributed by atoms with E-state index >= 15 is 0 Å². The van der Waals surface area contributed by atoms with Gasteiger partial charge in [-0.05, 0) is 43.9 Å². The molecule has 1 aliphatic rings. The summed E-state index contributed by atoms with van der Waals surface area (Å²) in [4.78, 5) is 11.7. The average molecular weight is 286 g/mol. The number of sulfonamides is 1. The van der Waals surface area contributed by atoms with Crippen molar-refractivity contribution in [1.82, 2.24) is 5.32 Å². The number of nitrogens with one attached hydrogen (secondary N) is 1. The minimum Gasteiger partial charge on any atom is -0.349 e. The molecule has 0 unspecified atom stereocenters. The van der Waals surface area contributed by atoms with Crippen LogP contribution in [0.25, 0.3) is 0 Å². The van der Waals surface area contributed by atoms with E-state index in [1.807, 2.05) is 0 Å². The number of halogens is 1. The molecule has 0 heterocycles. The van der Waals surface area contributed by atoms with Gasteiger partial charge in [0.1, 0.15) is 5.82 Å². The van der Waals surface area contributed by atoms with Gasteiger partial charge in [-0.1, -0.05) is 0 Å². The number of rotatable bonds is 3. The third-order valence-electron chi connectivity index (χ3n) is 3.24. The van der Waals surface area contributed by atoms with Crippen LogP contribution in [-0.2, 0) is 10.0 Å². The molecule has 1 saturated carbocycles. The second-order valence-corrected chi connectivity index (χ2v) is 6.31. The molecule has 1 amide bonds. The maximum Gasteiger partial charge on any atom is 0.254 e. The van der Waals surface area contributed by atoms with E-state index in [9.17, 15) is 17.6 Å². The van der Waals surface area contributed by atoms with E-state index in [0.29, 0.717) is 0 Å². The molecule has 1 fully saturated rings. The van der Waals surface area contributed by atoms with E-state index < -0.39 is 21.7 Å². The molecule has 19 heavy (non-hydrogen) atoms. The summed E-state index contributed by atoms with van der Waals surface area (Å²) in [6.07, 6.45) is 2.76. The fourth-order valence-corrected chi connectivity index (χ4v) is 2.50. The van der Waals surface area contributed by atoms with E-state index in [0.717, 1.165) is 31.4 Å². The number of benzene rings is 1. The quantitative estimate of drug-likeness (QED) is 0.870. The second-order valence-electron chi connectivity index (χ2n) is 4.75. The van der Waals surface area contributed by atoms with Crippen molar-refractivity contribution in [3.63, 3.8) is 0 Å². The molecule has 7 heteroatoms. The van der Waals surface area contributed by atoms with Crippen molar-refractivity contribution in [3.8, 4) is 0 Å². The number of hydrogen-bond acceptors (Lipinski definition) is 3. The van der Waals surface area contributed by atoms with Gasteiger partial charge in [-0.15, -0.1) is 0 Å². The Balaban J connectivity index is 2.37. The van der Waals surface area contributed by atoms with Gasteiger partial charge in [-0.3, -0.25) is 4.79 Å². The van der Waals surface area contributed by atoms with Crippen molar-refractivity contribution in [2.75, 3.05) is 0 Å². The van der Waals surface area contributed by atoms with Gasteiger partial charge in [0.2, 0.25) is 10.0 Å². The van der Waals surface area contributed by atoms with Crippen LogP contribution in [0.1, 0.15) is 35.2 Å². The molecule has 0 bridgehead atoms. The molecule has 0 spiro atoms. The Morgan fingerprint density at radius 2 is 2.05 bits per heavy atom. The summed E-state index contributed by atoms with van der Waals surface area (Å²) in [6.45, 7) is 1.39. The van der Waals surface area contributed by atoms with E-state index in [4.69, 9.17) is 5.14 Å². The third kappa shape index (κ3) is 2.93. The van der Waals surface area contributed by atoms with Gasteiger partial charge in [0, 0.05) is 6.04 Å². The lowest BCUT2D eigenvalue weighted by Gasteiger charge is -2.26. The monoisotopic (exact) mass is 286 g/mol. The molecule has 1 aromatic rings. The highest BCUT2D eigenvalue weighted by Gasteiger charge is 2.24. The molecule has 5 nitrogen and oxygen atoms in total. The standard InChI is InChI=1S/C12H15FN2O3S/c1-7-5-9(19(14,17)18)6-10(11(7)13)12(16)15-8-3-2-4-8/h5-6,8H,2-4H2,1H3,(H,15,16)(H2,14,17,18). The Morgan fingerprint density at radius 1 is 1.42 bits per heavy atom. The first kappa shape index (κ1) is 14.0. The lowest BCUT2D eigenvalue weighted by atomic mass is 9.93. The summed E-state index contributed by atoms with van der Waals surface area (Å²) in [5, 5.41) is 7.67. The maximum absolute atomic E-state index is 13.9. The largest absolute Gasteiger partial charge is 0.349 e. The summed E-state index contributed by atoms with van der Waals surface area (Å²) in [5.74, 6) is -1.32. The van der Waals surface area contributed by atoms with Crippen molar-refractivity contribution in [2.24, 2.45) is 5.14 Å². The Bertz CT molecular complexity index is 624. The van der Waals surface area contributed by atoms with Gasteiger partial charge in [-0.25, -0.2) is 17.9 Å². The molecule has 1 aromatic carbocycles. The summed E-state index contributed by atoms with van der Waals surface area (Å²) >= 11 is 0. The van der Waals surface area contributed by atoms with Crippen molar-refractivity contribution in [2.45, 2.75) is 37.1 Å². The maximum atomic E-state index is 13.9. The van der Waals surface area contributed by atoms with Crippen LogP contribution in [0.5, 0.6) is 0 Å². The van der Waals surface area contributed by atoms with Crippen LogP contribution in [0.4, 0.5) is 4.39 Å². The van der Waals surface area contributed by atoms with Crippen LogP contribution in [-0.4, -0.2) is 20.4 Å². The van der Waals surface area contributed by atoms with Crippen molar-refractivity contribution < 1.29 is 17.6 Å². The molecule has 0 aromatic heterocycles. The zero-order chi connectivity index (χ0) is 14.2. The molecule has 0 atom stereocenters. The lowest BCUT2D eigenvalue weighted by Crippen LogP contribution is -2.40. The van der Waals surface area contributed by atoms with Gasteiger partial charge in [0.15, 0.2) is 0 Å². The van der Waals surface area contributed by atoms with Crippen LogP contribution in [0.3, 0.4) is 0 Å². The fraction of sp³-hybridized carbons (Fsp3) is 0.417. The Morgan fingerprint density at radius 3 is 2.53 bits per heavy atom. The van der Waals surface area contributed by atoms with Gasteiger partial charge in [0.05, 0.1) is 10.5 Å². The predicted octanol–water partition coefficient (Wildman–Crippen LogP) is 1.06. The van der Waals surface area contributed by atoms with Crippen LogP contribution in [0.15, 0.2) is 17.0 Å². The number of carbonyl (C=O) groups excluding carboxylic acids is 1. The zero-order valence-corrected chi connectivity index (χ0v) is 11.3. The molecule has 1 aliphatic carbocycles. The summed E-state index contributed by atoms with van der Waals surface area (Å²) in [5.41, 5.74) is -0.207. The van der Waals surface area contributed by atoms with E-state index in [2.05, 4.69) is 5.32 Å². The fourth-order valence-electron chi connectivity index (χ4n) is 1.88. The predicted molar refractivity (Wildman–Crippen MR) is 67.6 cm³/mol. The molecule has 0 aliphatic heterocycles. The van der Waals surface area contributed by atoms with E-state index in [1.165, 1.54) is 6.92 Å². The van der Waals surface area contributed by atoms with Crippen molar-refractivity contribution in [3.05, 3.63) is 29.1 Å². The van der Waals surface area contributed by atoms with Gasteiger partial charge < -0.3 is 5.32 Å². The van der Waals surface area contributed by atoms with E-state index in [1.54, 1.807) is 0 Å². The van der Waals surface area contributed by atoms with Crippen LogP contribution < -0.4 is 10.5 Å². The van der Waals surface area contributed by atoms with Crippen molar-refractivity contribution >= 4 is 15.9 Å². The lowest BCUT2D eigenvalue weighted by molar-refractivity contribution is 0.0912. The molecule has 0 radical (unpaired) electrons. The van der Waals surface area contributed by atoms with Gasteiger partial charge in [0.25, 0.3) is 5.91 Å². The number of amides is 1. The average Bonchev–Trinajstić information content (AvgIpc) is 2.25. The number of hydrogen-bond donors (Lipinski definition) is 2. The third-order valence-corrected chi connectivity index (χ3v) is 4.13. The molecule has 3 N–H and O–H groups in total. The highest BCUT2D eigenvalue weighted by atomic mass is 32.2. The summed E-state index contributed by atoms with van der Waals surface area (Å²) in [7, 11) is -3.96.